The first kappa shape index (κ1) is 15.9. The molecule has 8 heteroatoms. The molecule has 22 heavy (non-hydrogen) atoms. The van der Waals surface area contributed by atoms with Gasteiger partial charge in [0.05, 0.1) is 14.2 Å². The number of aromatic amines is 1. The first-order valence-corrected chi connectivity index (χ1v) is 7.01. The van der Waals surface area contributed by atoms with Gasteiger partial charge in [-0.05, 0) is 40.2 Å². The summed E-state index contributed by atoms with van der Waals surface area (Å²) in [7, 11) is 2.96. The fraction of sp³-hybridized carbons (Fsp3) is 0.143. The number of rotatable bonds is 4. The number of nitrogens with one attached hydrogen (secondary N) is 3. The molecular weight excluding hydrogens is 354 g/mol. The van der Waals surface area contributed by atoms with Crippen LogP contribution in [0.5, 0.6) is 11.5 Å². The molecule has 0 aliphatic carbocycles. The van der Waals surface area contributed by atoms with Gasteiger partial charge in [-0.15, -0.1) is 0 Å². The van der Waals surface area contributed by atoms with Crippen LogP contribution in [0.3, 0.4) is 0 Å². The number of carbonyl (C=O) groups excluding carboxylic acids is 2. The summed E-state index contributed by atoms with van der Waals surface area (Å²) in [6, 6.07) is 6.33. The Morgan fingerprint density at radius 2 is 1.68 bits per heavy atom. The summed E-state index contributed by atoms with van der Waals surface area (Å²) >= 11 is 3.32. The molecule has 0 saturated heterocycles. The van der Waals surface area contributed by atoms with Crippen LogP contribution in [0.25, 0.3) is 0 Å². The Labute approximate surface area is 135 Å². The van der Waals surface area contributed by atoms with E-state index in [2.05, 4.69) is 31.8 Å². The van der Waals surface area contributed by atoms with Gasteiger partial charge in [-0.2, -0.15) is 0 Å². The molecule has 2 rings (SSSR count). The zero-order valence-corrected chi connectivity index (χ0v) is 13.5. The van der Waals surface area contributed by atoms with Crippen LogP contribution in [0.2, 0.25) is 0 Å². The average Bonchev–Trinajstić information content (AvgIpc) is 3.07. The van der Waals surface area contributed by atoms with Gasteiger partial charge in [-0.3, -0.25) is 20.4 Å². The molecular formula is C14H14BrN3O4. The average molecular weight is 368 g/mol. The minimum atomic E-state index is -0.496. The highest BCUT2D eigenvalue weighted by Crippen LogP contribution is 2.35. The summed E-state index contributed by atoms with van der Waals surface area (Å²) in [5, 5.41) is 0. The minimum absolute atomic E-state index is 0.281. The largest absolute Gasteiger partial charge is 0.495 e. The molecule has 2 aromatic rings. The second-order valence-electron chi connectivity index (χ2n) is 4.19. The van der Waals surface area contributed by atoms with Crippen LogP contribution in [0.4, 0.5) is 0 Å². The number of carbonyl (C=O) groups is 2. The quantitative estimate of drug-likeness (QED) is 0.719. The molecule has 2 amide bonds. The third kappa shape index (κ3) is 3.40. The van der Waals surface area contributed by atoms with Crippen LogP contribution in [-0.2, 0) is 0 Å². The van der Waals surface area contributed by atoms with Crippen molar-refractivity contribution in [2.75, 3.05) is 14.2 Å². The predicted octanol–water partition coefficient (Wildman–Crippen LogP) is 1.87. The second-order valence-corrected chi connectivity index (χ2v) is 4.98. The monoisotopic (exact) mass is 367 g/mol. The molecule has 0 fully saturated rings. The number of amides is 2. The van der Waals surface area contributed by atoms with E-state index in [4.69, 9.17) is 9.47 Å². The van der Waals surface area contributed by atoms with Crippen molar-refractivity contribution in [2.24, 2.45) is 0 Å². The Kier molecular flexibility index (Phi) is 5.05. The lowest BCUT2D eigenvalue weighted by molar-refractivity contribution is 0.0844. The molecule has 0 atom stereocenters. The minimum Gasteiger partial charge on any atom is -0.495 e. The number of aromatic nitrogens is 1. The summed E-state index contributed by atoms with van der Waals surface area (Å²) in [5.74, 6) is -0.0567. The predicted molar refractivity (Wildman–Crippen MR) is 83.0 cm³/mol. The maximum atomic E-state index is 12.1. The van der Waals surface area contributed by atoms with Crippen LogP contribution in [0.15, 0.2) is 34.9 Å². The summed E-state index contributed by atoms with van der Waals surface area (Å²) in [4.78, 5) is 26.6. The van der Waals surface area contributed by atoms with Crippen molar-refractivity contribution in [3.8, 4) is 11.5 Å². The molecule has 116 valence electrons. The van der Waals surface area contributed by atoms with Gasteiger partial charge in [0.2, 0.25) is 0 Å². The molecule has 1 heterocycles. The maximum Gasteiger partial charge on any atom is 0.286 e. The third-order valence-corrected chi connectivity index (χ3v) is 3.62. The Bertz CT molecular complexity index is 660. The third-order valence-electron chi connectivity index (χ3n) is 2.84. The highest BCUT2D eigenvalue weighted by molar-refractivity contribution is 9.10. The molecule has 0 bridgehead atoms. The van der Waals surface area contributed by atoms with Crippen molar-refractivity contribution in [3.63, 3.8) is 0 Å². The molecule has 1 aromatic heterocycles. The highest BCUT2D eigenvalue weighted by Gasteiger charge is 2.15. The van der Waals surface area contributed by atoms with Gasteiger partial charge in [-0.25, -0.2) is 0 Å². The molecule has 0 radical (unpaired) electrons. The van der Waals surface area contributed by atoms with Gasteiger partial charge in [-0.1, -0.05) is 0 Å². The molecule has 0 spiro atoms. The van der Waals surface area contributed by atoms with Crippen LogP contribution >= 0.6 is 15.9 Å². The van der Waals surface area contributed by atoms with E-state index in [-0.39, 0.29) is 5.56 Å². The van der Waals surface area contributed by atoms with Gasteiger partial charge in [0, 0.05) is 11.8 Å². The SMILES string of the molecule is COc1cc(C(=O)NNC(=O)c2ccc[nH]2)cc(OC)c1Br. The van der Waals surface area contributed by atoms with Crippen molar-refractivity contribution in [3.05, 3.63) is 46.2 Å². The summed E-state index contributed by atoms with van der Waals surface area (Å²) in [6.45, 7) is 0. The van der Waals surface area contributed by atoms with Crippen LogP contribution in [-0.4, -0.2) is 31.0 Å². The Morgan fingerprint density at radius 3 is 2.18 bits per heavy atom. The van der Waals surface area contributed by atoms with E-state index in [9.17, 15) is 9.59 Å². The lowest BCUT2D eigenvalue weighted by Gasteiger charge is -2.12. The zero-order chi connectivity index (χ0) is 16.1. The number of benzene rings is 1. The van der Waals surface area contributed by atoms with E-state index in [1.165, 1.54) is 26.4 Å². The topological polar surface area (TPSA) is 92.5 Å². The van der Waals surface area contributed by atoms with E-state index in [1.54, 1.807) is 18.3 Å². The summed E-state index contributed by atoms with van der Waals surface area (Å²) in [5.41, 5.74) is 5.25. The number of H-pyrrole nitrogens is 1. The number of hydrogen-bond donors (Lipinski definition) is 3. The van der Waals surface area contributed by atoms with Crippen molar-refractivity contribution in [1.82, 2.24) is 15.8 Å². The van der Waals surface area contributed by atoms with Gasteiger partial charge >= 0.3 is 0 Å². The molecule has 7 nitrogen and oxygen atoms in total. The summed E-state index contributed by atoms with van der Waals surface area (Å²) in [6.07, 6.45) is 1.61. The van der Waals surface area contributed by atoms with E-state index in [0.29, 0.717) is 21.7 Å². The fourth-order valence-corrected chi connectivity index (χ4v) is 2.28. The van der Waals surface area contributed by atoms with E-state index in [1.807, 2.05) is 0 Å². The van der Waals surface area contributed by atoms with Crippen molar-refractivity contribution < 1.29 is 19.1 Å². The molecule has 1 aromatic carbocycles. The number of methoxy groups -OCH3 is 2. The Hall–Kier alpha value is -2.48. The Balaban J connectivity index is 2.11. The molecule has 0 aliphatic heterocycles. The van der Waals surface area contributed by atoms with Gasteiger partial charge < -0.3 is 14.5 Å². The van der Waals surface area contributed by atoms with Crippen LogP contribution in [0.1, 0.15) is 20.8 Å². The number of hydrogen-bond acceptors (Lipinski definition) is 4. The number of ether oxygens (including phenoxy) is 2. The van der Waals surface area contributed by atoms with E-state index >= 15 is 0 Å². The first-order valence-electron chi connectivity index (χ1n) is 6.22. The van der Waals surface area contributed by atoms with Gasteiger partial charge in [0.15, 0.2) is 0 Å². The lowest BCUT2D eigenvalue weighted by atomic mass is 10.2. The van der Waals surface area contributed by atoms with Crippen LogP contribution < -0.4 is 20.3 Å². The number of hydrazine groups is 1. The summed E-state index contributed by atoms with van der Waals surface area (Å²) < 4.78 is 10.9. The Morgan fingerprint density at radius 1 is 1.09 bits per heavy atom. The van der Waals surface area contributed by atoms with Crippen LogP contribution in [0, 0.1) is 0 Å². The van der Waals surface area contributed by atoms with Crippen molar-refractivity contribution in [1.29, 1.82) is 0 Å². The number of halogens is 1. The molecule has 0 unspecified atom stereocenters. The molecule has 3 N–H and O–H groups in total. The fourth-order valence-electron chi connectivity index (χ4n) is 1.73. The zero-order valence-electron chi connectivity index (χ0n) is 11.9. The van der Waals surface area contributed by atoms with Gasteiger partial charge in [0.25, 0.3) is 11.8 Å². The normalized spacial score (nSPS) is 9.95. The maximum absolute atomic E-state index is 12.1. The van der Waals surface area contributed by atoms with Gasteiger partial charge in [0.1, 0.15) is 21.7 Å². The highest BCUT2D eigenvalue weighted by atomic mass is 79.9. The van der Waals surface area contributed by atoms with E-state index < -0.39 is 11.8 Å². The lowest BCUT2D eigenvalue weighted by Crippen LogP contribution is -2.41. The standard InChI is InChI=1S/C14H14BrN3O4/c1-21-10-6-8(7-11(22-2)12(10)15)13(19)17-18-14(20)9-4-3-5-16-9/h3-7,16H,1-2H3,(H,17,19)(H,18,20). The van der Waals surface area contributed by atoms with E-state index in [0.717, 1.165) is 0 Å². The smallest absolute Gasteiger partial charge is 0.286 e. The van der Waals surface area contributed by atoms with Crippen molar-refractivity contribution in [2.45, 2.75) is 0 Å². The van der Waals surface area contributed by atoms with Crippen molar-refractivity contribution >= 4 is 27.7 Å². The molecule has 0 aliphatic rings. The first-order chi connectivity index (χ1) is 10.6. The second kappa shape index (κ2) is 6.99. The molecule has 0 saturated carbocycles.